The first-order valence-electron chi connectivity index (χ1n) is 6.08. The van der Waals surface area contributed by atoms with Gasteiger partial charge in [0.1, 0.15) is 5.01 Å². The van der Waals surface area contributed by atoms with Crippen LogP contribution in [-0.4, -0.2) is 30.0 Å². The molecule has 1 aromatic heterocycles. The predicted molar refractivity (Wildman–Crippen MR) is 68.8 cm³/mol. The van der Waals surface area contributed by atoms with Crippen molar-refractivity contribution in [2.45, 2.75) is 38.1 Å². The van der Waals surface area contributed by atoms with Crippen molar-refractivity contribution in [3.63, 3.8) is 0 Å². The normalized spacial score (nSPS) is 24.6. The third kappa shape index (κ3) is 2.44. The number of piperidine rings is 1. The standard InChI is InChI=1S/C12H21N3S/c1-9(7-13)10-8-16-12(14-10)11-5-3-4-6-15(11)2/h8-9,11H,3-7,13H2,1-2H3. The van der Waals surface area contributed by atoms with Gasteiger partial charge in [0.15, 0.2) is 0 Å². The van der Waals surface area contributed by atoms with Crippen LogP contribution in [0.3, 0.4) is 0 Å². The summed E-state index contributed by atoms with van der Waals surface area (Å²) in [5.41, 5.74) is 6.84. The minimum absolute atomic E-state index is 0.388. The maximum absolute atomic E-state index is 5.67. The van der Waals surface area contributed by atoms with Crippen LogP contribution in [-0.2, 0) is 0 Å². The third-order valence-corrected chi connectivity index (χ3v) is 4.42. The first kappa shape index (κ1) is 12.0. The molecule has 16 heavy (non-hydrogen) atoms. The van der Waals surface area contributed by atoms with Gasteiger partial charge in [-0.15, -0.1) is 11.3 Å². The number of nitrogens with zero attached hydrogens (tertiary/aromatic N) is 2. The van der Waals surface area contributed by atoms with Crippen LogP contribution in [0.15, 0.2) is 5.38 Å². The van der Waals surface area contributed by atoms with Crippen molar-refractivity contribution in [3.8, 4) is 0 Å². The minimum Gasteiger partial charge on any atom is -0.330 e. The molecule has 0 radical (unpaired) electrons. The van der Waals surface area contributed by atoms with Crippen LogP contribution in [0.2, 0.25) is 0 Å². The van der Waals surface area contributed by atoms with Crippen molar-refractivity contribution in [1.82, 2.24) is 9.88 Å². The average molecular weight is 239 g/mol. The van der Waals surface area contributed by atoms with Crippen molar-refractivity contribution in [3.05, 3.63) is 16.1 Å². The van der Waals surface area contributed by atoms with Gasteiger partial charge in [0, 0.05) is 17.8 Å². The molecule has 0 saturated carbocycles. The molecule has 2 N–H and O–H groups in total. The van der Waals surface area contributed by atoms with Crippen molar-refractivity contribution in [1.29, 1.82) is 0 Å². The van der Waals surface area contributed by atoms with Crippen LogP contribution < -0.4 is 5.73 Å². The number of hydrogen-bond acceptors (Lipinski definition) is 4. The summed E-state index contributed by atoms with van der Waals surface area (Å²) in [6.45, 7) is 4.03. The first-order chi connectivity index (χ1) is 7.72. The molecule has 2 heterocycles. The fourth-order valence-electron chi connectivity index (χ4n) is 2.19. The summed E-state index contributed by atoms with van der Waals surface area (Å²) in [7, 11) is 2.21. The van der Waals surface area contributed by atoms with Gasteiger partial charge >= 0.3 is 0 Å². The van der Waals surface area contributed by atoms with Gasteiger partial charge in [-0.3, -0.25) is 4.90 Å². The number of hydrogen-bond donors (Lipinski definition) is 1. The van der Waals surface area contributed by atoms with Gasteiger partial charge in [-0.1, -0.05) is 13.3 Å². The van der Waals surface area contributed by atoms with Crippen LogP contribution in [0.4, 0.5) is 0 Å². The lowest BCUT2D eigenvalue weighted by molar-refractivity contribution is 0.187. The number of nitrogens with two attached hydrogens (primary N) is 1. The lowest BCUT2D eigenvalue weighted by Gasteiger charge is -2.30. The van der Waals surface area contributed by atoms with E-state index in [1.54, 1.807) is 11.3 Å². The Morgan fingerprint density at radius 3 is 3.12 bits per heavy atom. The van der Waals surface area contributed by atoms with Gasteiger partial charge in [0.2, 0.25) is 0 Å². The highest BCUT2D eigenvalue weighted by atomic mass is 32.1. The summed E-state index contributed by atoms with van der Waals surface area (Å²) >= 11 is 1.80. The zero-order valence-electron chi connectivity index (χ0n) is 10.1. The van der Waals surface area contributed by atoms with E-state index in [0.717, 1.165) is 0 Å². The Hall–Kier alpha value is -0.450. The maximum atomic E-state index is 5.67. The highest BCUT2D eigenvalue weighted by Crippen LogP contribution is 2.32. The molecule has 1 saturated heterocycles. The lowest BCUT2D eigenvalue weighted by Crippen LogP contribution is -2.29. The SMILES string of the molecule is CC(CN)c1csc(C2CCCCN2C)n1. The molecule has 2 unspecified atom stereocenters. The number of rotatable bonds is 3. The second-order valence-corrected chi connectivity index (χ2v) is 5.63. The predicted octanol–water partition coefficient (Wildman–Crippen LogP) is 2.36. The van der Waals surface area contributed by atoms with Crippen LogP contribution >= 0.6 is 11.3 Å². The smallest absolute Gasteiger partial charge is 0.110 e. The van der Waals surface area contributed by atoms with E-state index in [1.807, 2.05) is 0 Å². The van der Waals surface area contributed by atoms with Crippen molar-refractivity contribution in [2.24, 2.45) is 5.73 Å². The summed E-state index contributed by atoms with van der Waals surface area (Å²) < 4.78 is 0. The van der Waals surface area contributed by atoms with Gasteiger partial charge in [0.05, 0.1) is 11.7 Å². The summed E-state index contributed by atoms with van der Waals surface area (Å²) in [6.07, 6.45) is 3.90. The molecule has 1 fully saturated rings. The molecule has 4 heteroatoms. The average Bonchev–Trinajstić information content (AvgIpc) is 2.78. The Bertz CT molecular complexity index is 337. The minimum atomic E-state index is 0.388. The molecule has 1 aliphatic rings. The fourth-order valence-corrected chi connectivity index (χ4v) is 3.33. The Labute approximate surface area is 102 Å². The molecule has 3 nitrogen and oxygen atoms in total. The van der Waals surface area contributed by atoms with E-state index in [0.29, 0.717) is 18.5 Å². The summed E-state index contributed by atoms with van der Waals surface area (Å²) in [5.74, 6) is 0.388. The molecular weight excluding hydrogens is 218 g/mol. The summed E-state index contributed by atoms with van der Waals surface area (Å²) in [6, 6.07) is 0.539. The molecule has 0 spiro atoms. The summed E-state index contributed by atoms with van der Waals surface area (Å²) in [4.78, 5) is 7.18. The molecule has 0 amide bonds. The number of thiazole rings is 1. The fraction of sp³-hybridized carbons (Fsp3) is 0.750. The molecular formula is C12H21N3S. The molecule has 2 atom stereocenters. The number of aromatic nitrogens is 1. The molecule has 2 rings (SSSR count). The van der Waals surface area contributed by atoms with E-state index in [2.05, 4.69) is 24.3 Å². The van der Waals surface area contributed by atoms with E-state index >= 15 is 0 Å². The molecule has 0 aromatic carbocycles. The molecule has 90 valence electrons. The molecule has 0 aliphatic carbocycles. The Balaban J connectivity index is 2.11. The largest absolute Gasteiger partial charge is 0.330 e. The van der Waals surface area contributed by atoms with E-state index in [1.165, 1.54) is 36.5 Å². The van der Waals surface area contributed by atoms with E-state index in [9.17, 15) is 0 Å². The van der Waals surface area contributed by atoms with Gasteiger partial charge < -0.3 is 5.73 Å². The number of likely N-dealkylation sites (tertiary alicyclic amines) is 1. The maximum Gasteiger partial charge on any atom is 0.110 e. The lowest BCUT2D eigenvalue weighted by atomic mass is 10.0. The van der Waals surface area contributed by atoms with Crippen molar-refractivity contribution in [2.75, 3.05) is 20.1 Å². The first-order valence-corrected chi connectivity index (χ1v) is 6.96. The quantitative estimate of drug-likeness (QED) is 0.880. The van der Waals surface area contributed by atoms with Crippen LogP contribution in [0.5, 0.6) is 0 Å². The van der Waals surface area contributed by atoms with Gasteiger partial charge in [-0.25, -0.2) is 4.98 Å². The van der Waals surface area contributed by atoms with E-state index in [-0.39, 0.29) is 0 Å². The zero-order valence-corrected chi connectivity index (χ0v) is 11.0. The second kappa shape index (κ2) is 5.25. The summed E-state index contributed by atoms with van der Waals surface area (Å²) in [5, 5.41) is 3.45. The van der Waals surface area contributed by atoms with Gasteiger partial charge in [-0.2, -0.15) is 0 Å². The van der Waals surface area contributed by atoms with Crippen LogP contribution in [0, 0.1) is 0 Å². The van der Waals surface area contributed by atoms with Crippen LogP contribution in [0.25, 0.3) is 0 Å². The highest BCUT2D eigenvalue weighted by molar-refractivity contribution is 7.09. The third-order valence-electron chi connectivity index (χ3n) is 3.45. The topological polar surface area (TPSA) is 42.1 Å². The monoisotopic (exact) mass is 239 g/mol. The Kier molecular flexibility index (Phi) is 3.95. The van der Waals surface area contributed by atoms with Crippen molar-refractivity contribution < 1.29 is 0 Å². The van der Waals surface area contributed by atoms with Gasteiger partial charge in [-0.05, 0) is 26.4 Å². The molecule has 1 aromatic rings. The highest BCUT2D eigenvalue weighted by Gasteiger charge is 2.23. The Morgan fingerprint density at radius 1 is 1.62 bits per heavy atom. The van der Waals surface area contributed by atoms with E-state index < -0.39 is 0 Å². The van der Waals surface area contributed by atoms with Crippen molar-refractivity contribution >= 4 is 11.3 Å². The molecule has 0 bridgehead atoms. The Morgan fingerprint density at radius 2 is 2.44 bits per heavy atom. The van der Waals surface area contributed by atoms with Crippen LogP contribution in [0.1, 0.15) is 48.8 Å². The van der Waals surface area contributed by atoms with E-state index in [4.69, 9.17) is 10.7 Å². The second-order valence-electron chi connectivity index (χ2n) is 4.74. The van der Waals surface area contributed by atoms with Gasteiger partial charge in [0.25, 0.3) is 0 Å². The molecule has 1 aliphatic heterocycles. The zero-order chi connectivity index (χ0) is 11.5.